The lowest BCUT2D eigenvalue weighted by Crippen LogP contribution is -2.67. The molecule has 0 bridgehead atoms. The van der Waals surface area contributed by atoms with Gasteiger partial charge in [0.2, 0.25) is 0 Å². The van der Waals surface area contributed by atoms with E-state index in [1.807, 2.05) is 0 Å². The van der Waals surface area contributed by atoms with E-state index in [0.29, 0.717) is 0 Å². The largest absolute Gasteiger partial charge is 0.463 e. The second-order valence-electron chi connectivity index (χ2n) is 13.2. The van der Waals surface area contributed by atoms with E-state index in [1.54, 1.807) is 0 Å². The fourth-order valence-corrected chi connectivity index (χ4v) is 6.33. The molecule has 24 heteroatoms. The molecule has 0 unspecified atom stereocenters. The molecule has 3 aliphatic rings. The second-order valence-corrected chi connectivity index (χ2v) is 13.2. The van der Waals surface area contributed by atoms with E-state index < -0.39 is 160 Å². The van der Waals surface area contributed by atoms with Crippen LogP contribution in [-0.2, 0) is 109 Å². The molecule has 0 aromatic rings. The highest BCUT2D eigenvalue weighted by molar-refractivity contribution is 5.70. The van der Waals surface area contributed by atoms with Crippen LogP contribution in [-0.4, -0.2) is 165 Å². The number of ether oxygens (including phenoxy) is 14. The van der Waals surface area contributed by atoms with Crippen LogP contribution in [0.5, 0.6) is 0 Å². The minimum absolute atomic E-state index is 0.455. The van der Waals surface area contributed by atoms with Gasteiger partial charge in [0.15, 0.2) is 67.7 Å². The van der Waals surface area contributed by atoms with Crippen LogP contribution in [0.25, 0.3) is 0 Å². The Morgan fingerprint density at radius 1 is 0.441 bits per heavy atom. The quantitative estimate of drug-likeness (QED) is 0.140. The highest BCUT2D eigenvalue weighted by Crippen LogP contribution is 2.35. The zero-order valence-corrected chi connectivity index (χ0v) is 33.5. The van der Waals surface area contributed by atoms with Gasteiger partial charge >= 0.3 is 53.7 Å². The van der Waals surface area contributed by atoms with Crippen molar-refractivity contribution in [2.45, 2.75) is 148 Å². The maximum absolute atomic E-state index is 12.5. The molecule has 3 rings (SSSR count). The summed E-state index contributed by atoms with van der Waals surface area (Å²) in [4.78, 5) is 110. The Bertz CT molecular complexity index is 1560. The Hall–Kier alpha value is -5.01. The lowest BCUT2D eigenvalue weighted by atomic mass is 9.96. The first-order chi connectivity index (χ1) is 27.6. The summed E-state index contributed by atoms with van der Waals surface area (Å²) >= 11 is 0. The first kappa shape index (κ1) is 48.4. The van der Waals surface area contributed by atoms with E-state index in [0.717, 1.165) is 62.3 Å². The lowest BCUT2D eigenvalue weighted by Gasteiger charge is -2.48. The van der Waals surface area contributed by atoms with Crippen molar-refractivity contribution < 1.29 is 115 Å². The van der Waals surface area contributed by atoms with Crippen LogP contribution in [0.4, 0.5) is 0 Å². The van der Waals surface area contributed by atoms with Crippen LogP contribution < -0.4 is 0 Å². The van der Waals surface area contributed by atoms with Crippen molar-refractivity contribution in [1.82, 2.24) is 0 Å². The SMILES string of the molecule is CC(=O)OC[C@H]1O[C@@H](O[C@H]2[C@H](OC(C)=O)[C@@H](OC(C)=O)[C@@H](O)O[C@@H]2CO[C@@H]2OC[C@H](OC(C)=O)[C@H](OC(C)=O)[C@H]2OC(C)=O)[C@H](OC(C)=O)[C@@H](OC(C)=O)[C@@H]1OC(C)=O. The van der Waals surface area contributed by atoms with Gasteiger partial charge in [0.1, 0.15) is 24.9 Å². The maximum atomic E-state index is 12.5. The van der Waals surface area contributed by atoms with Gasteiger partial charge in [0.05, 0.1) is 13.2 Å². The van der Waals surface area contributed by atoms with E-state index in [9.17, 15) is 48.3 Å². The molecule has 332 valence electrons. The molecule has 0 aliphatic carbocycles. The minimum Gasteiger partial charge on any atom is -0.463 e. The Labute approximate surface area is 336 Å². The number of hydrogen-bond acceptors (Lipinski definition) is 24. The molecule has 3 aliphatic heterocycles. The number of rotatable bonds is 15. The van der Waals surface area contributed by atoms with E-state index in [2.05, 4.69) is 0 Å². The molecule has 0 radical (unpaired) electrons. The summed E-state index contributed by atoms with van der Waals surface area (Å²) in [6.45, 7) is 7.26. The van der Waals surface area contributed by atoms with Gasteiger partial charge < -0.3 is 71.4 Å². The minimum atomic E-state index is -2.06. The predicted molar refractivity (Wildman–Crippen MR) is 181 cm³/mol. The molecule has 59 heavy (non-hydrogen) atoms. The molecule has 3 saturated heterocycles. The van der Waals surface area contributed by atoms with Gasteiger partial charge in [-0.25, -0.2) is 0 Å². The molecule has 0 aromatic carbocycles. The van der Waals surface area contributed by atoms with Gasteiger partial charge in [-0.2, -0.15) is 0 Å². The van der Waals surface area contributed by atoms with E-state index in [-0.39, 0.29) is 0 Å². The van der Waals surface area contributed by atoms with E-state index in [1.165, 1.54) is 0 Å². The Morgan fingerprint density at radius 3 is 1.34 bits per heavy atom. The van der Waals surface area contributed by atoms with Crippen molar-refractivity contribution in [3.05, 3.63) is 0 Å². The molecule has 0 spiro atoms. The fourth-order valence-electron chi connectivity index (χ4n) is 6.33. The lowest BCUT2D eigenvalue weighted by molar-refractivity contribution is -0.362. The van der Waals surface area contributed by atoms with Gasteiger partial charge in [-0.15, -0.1) is 0 Å². The second kappa shape index (κ2) is 21.8. The Kier molecular flexibility index (Phi) is 17.9. The van der Waals surface area contributed by atoms with Crippen molar-refractivity contribution in [3.63, 3.8) is 0 Å². The molecule has 24 nitrogen and oxygen atoms in total. The number of hydrogen-bond donors (Lipinski definition) is 1. The van der Waals surface area contributed by atoms with Crippen LogP contribution in [0.1, 0.15) is 62.3 Å². The van der Waals surface area contributed by atoms with Gasteiger partial charge in [-0.1, -0.05) is 0 Å². The number of aliphatic hydroxyl groups excluding tert-OH is 1. The maximum Gasteiger partial charge on any atom is 0.303 e. The third-order valence-corrected chi connectivity index (χ3v) is 8.18. The highest BCUT2D eigenvalue weighted by Gasteiger charge is 2.58. The smallest absolute Gasteiger partial charge is 0.303 e. The van der Waals surface area contributed by atoms with Crippen molar-refractivity contribution >= 4 is 53.7 Å². The number of carbonyl (C=O) groups is 9. The van der Waals surface area contributed by atoms with Crippen molar-refractivity contribution in [1.29, 1.82) is 0 Å². The fraction of sp³-hybridized carbons (Fsp3) is 0.743. The molecule has 0 saturated carbocycles. The summed E-state index contributed by atoms with van der Waals surface area (Å²) in [6.07, 6.45) is -23.7. The zero-order valence-electron chi connectivity index (χ0n) is 33.5. The average molecular weight is 853 g/mol. The summed E-state index contributed by atoms with van der Waals surface area (Å²) in [5.41, 5.74) is 0. The van der Waals surface area contributed by atoms with Crippen LogP contribution >= 0.6 is 0 Å². The zero-order chi connectivity index (χ0) is 44.3. The van der Waals surface area contributed by atoms with Crippen LogP contribution in [0.15, 0.2) is 0 Å². The highest BCUT2D eigenvalue weighted by atomic mass is 16.8. The van der Waals surface area contributed by atoms with Crippen molar-refractivity contribution in [2.75, 3.05) is 19.8 Å². The van der Waals surface area contributed by atoms with Gasteiger partial charge in [-0.3, -0.25) is 43.2 Å². The monoisotopic (exact) mass is 852 g/mol. The topological polar surface area (TPSA) is 303 Å². The molecule has 14 atom stereocenters. The van der Waals surface area contributed by atoms with Gasteiger partial charge in [0.25, 0.3) is 0 Å². The summed E-state index contributed by atoms with van der Waals surface area (Å²) in [5.74, 6) is -8.20. The third kappa shape index (κ3) is 14.3. The van der Waals surface area contributed by atoms with Crippen LogP contribution in [0, 0.1) is 0 Å². The number of esters is 9. The van der Waals surface area contributed by atoms with Crippen molar-refractivity contribution in [3.8, 4) is 0 Å². The van der Waals surface area contributed by atoms with Gasteiger partial charge in [-0.05, 0) is 0 Å². The van der Waals surface area contributed by atoms with E-state index in [4.69, 9.17) is 66.3 Å². The predicted octanol–water partition coefficient (Wildman–Crippen LogP) is -1.80. The summed E-state index contributed by atoms with van der Waals surface area (Å²) < 4.78 is 77.8. The standard InChI is InChI=1S/C35H48O24/c1-13(36)46-10-24-25(50-15(3)38)29(53-18(6)41)32(56-21(9)44)35(58-24)59-26-23(57-33(45)30(54-19(7)42)28(26)52-17(5)40)12-48-34-31(55-20(8)43)27(51-16(4)39)22(11-47-34)49-14(2)37/h22-35,45H,10-12H2,1-9H3/t22-,23+,24+,25+,26+,27-,28-,29-,30+,31+,32+,33-,34-,35-/m0/s1. The molecule has 3 fully saturated rings. The Morgan fingerprint density at radius 2 is 0.847 bits per heavy atom. The molecular weight excluding hydrogens is 804 g/mol. The van der Waals surface area contributed by atoms with Gasteiger partial charge in [0, 0.05) is 62.3 Å². The number of aliphatic hydroxyl groups is 1. The first-order valence-electron chi connectivity index (χ1n) is 18.0. The molecule has 0 amide bonds. The summed E-state index contributed by atoms with van der Waals surface area (Å²) in [5, 5.41) is 11.1. The average Bonchev–Trinajstić information content (AvgIpc) is 3.08. The first-order valence-corrected chi connectivity index (χ1v) is 18.0. The molecule has 0 aromatic heterocycles. The molecule has 3 heterocycles. The number of carbonyl (C=O) groups excluding carboxylic acids is 9. The molecular formula is C35H48O24. The summed E-state index contributed by atoms with van der Waals surface area (Å²) in [6, 6.07) is 0. The van der Waals surface area contributed by atoms with E-state index >= 15 is 0 Å². The normalized spacial score (nSPS) is 32.8. The summed E-state index contributed by atoms with van der Waals surface area (Å²) in [7, 11) is 0. The Balaban J connectivity index is 2.14. The van der Waals surface area contributed by atoms with Crippen molar-refractivity contribution in [2.24, 2.45) is 0 Å². The molecule has 1 N–H and O–H groups in total. The van der Waals surface area contributed by atoms with Crippen LogP contribution in [0.3, 0.4) is 0 Å². The van der Waals surface area contributed by atoms with Crippen LogP contribution in [0.2, 0.25) is 0 Å². The third-order valence-electron chi connectivity index (χ3n) is 8.18.